The Kier molecular flexibility index (Phi) is 5.33. The van der Waals surface area contributed by atoms with Crippen molar-refractivity contribution < 1.29 is 0 Å². The van der Waals surface area contributed by atoms with Crippen LogP contribution in [-0.4, -0.2) is 13.8 Å². The summed E-state index contributed by atoms with van der Waals surface area (Å²) in [5.41, 5.74) is 0. The third kappa shape index (κ3) is 3.29. The van der Waals surface area contributed by atoms with Crippen LogP contribution >= 0.6 is 15.9 Å². The summed E-state index contributed by atoms with van der Waals surface area (Å²) in [6.45, 7) is 4.59. The molecule has 7 heavy (non-hydrogen) atoms. The number of rotatable bonds is 3. The van der Waals surface area contributed by atoms with Gasteiger partial charge in [-0.1, -0.05) is 41.9 Å². The Balaban J connectivity index is 2.99. The lowest BCUT2D eigenvalue weighted by molar-refractivity contribution is 1.31. The van der Waals surface area contributed by atoms with E-state index < -0.39 is 0 Å². The van der Waals surface area contributed by atoms with Gasteiger partial charge in [0.15, 0.2) is 0 Å². The summed E-state index contributed by atoms with van der Waals surface area (Å²) < 4.78 is 0. The maximum Gasteiger partial charge on any atom is 0.0482 e. The van der Waals surface area contributed by atoms with E-state index in [1.165, 1.54) is 17.0 Å². The van der Waals surface area contributed by atoms with E-state index in [0.29, 0.717) is 0 Å². The van der Waals surface area contributed by atoms with Gasteiger partial charge in [0.05, 0.1) is 0 Å². The molecule has 0 aliphatic heterocycles. The lowest BCUT2D eigenvalue weighted by Gasteiger charge is -2.01. The second-order valence-electron chi connectivity index (χ2n) is 1.84. The van der Waals surface area contributed by atoms with E-state index in [0.717, 1.165) is 0 Å². The van der Waals surface area contributed by atoms with Crippen molar-refractivity contribution in [3.8, 4) is 0 Å². The molecule has 0 fully saturated rings. The molecule has 0 heterocycles. The molecule has 0 rings (SSSR count). The van der Waals surface area contributed by atoms with Crippen molar-refractivity contribution in [1.82, 2.24) is 0 Å². The monoisotopic (exact) mass is 180 g/mol. The average Bonchev–Trinajstić information content (AvgIpc) is 1.72. The van der Waals surface area contributed by atoms with Crippen molar-refractivity contribution >= 4 is 24.7 Å². The number of alkyl halides is 1. The third-order valence-corrected chi connectivity index (χ3v) is 6.87. The largest absolute Gasteiger partial charge is 0.0965 e. The zero-order valence-corrected chi connectivity index (χ0v) is 7.82. The van der Waals surface area contributed by atoms with Gasteiger partial charge in [0.2, 0.25) is 0 Å². The minimum atomic E-state index is -0.255. The maximum absolute atomic E-state index is 3.50. The van der Waals surface area contributed by atoms with Crippen molar-refractivity contribution in [3.05, 3.63) is 0 Å². The number of hydrogen-bond donors (Lipinski definition) is 0. The van der Waals surface area contributed by atoms with Gasteiger partial charge in [0, 0.05) is 8.80 Å². The minimum absolute atomic E-state index is 0.255. The van der Waals surface area contributed by atoms with E-state index >= 15 is 0 Å². The summed E-state index contributed by atoms with van der Waals surface area (Å²) in [5, 5.41) is 0. The molecule has 0 saturated heterocycles. The topological polar surface area (TPSA) is 0 Å². The van der Waals surface area contributed by atoms with E-state index in [1.54, 1.807) is 0 Å². The fourth-order valence-corrected chi connectivity index (χ4v) is 4.27. The first-order chi connectivity index (χ1) is 3.35. The van der Waals surface area contributed by atoms with Crippen LogP contribution in [-0.2, 0) is 0 Å². The second-order valence-corrected chi connectivity index (χ2v) is 7.45. The Labute approximate surface area is 56.0 Å². The molecule has 2 heteroatoms. The van der Waals surface area contributed by atoms with Crippen LogP contribution in [0.2, 0.25) is 12.1 Å². The molecular weight excluding hydrogens is 168 g/mol. The van der Waals surface area contributed by atoms with Crippen molar-refractivity contribution in [2.24, 2.45) is 0 Å². The van der Waals surface area contributed by atoms with Gasteiger partial charge in [0.1, 0.15) is 0 Å². The Morgan fingerprint density at radius 2 is 1.71 bits per heavy atom. The second kappa shape index (κ2) is 4.85. The van der Waals surface area contributed by atoms with E-state index in [-0.39, 0.29) is 8.80 Å². The quantitative estimate of drug-likeness (QED) is 0.462. The Morgan fingerprint density at radius 1 is 1.29 bits per heavy atom. The lowest BCUT2D eigenvalue weighted by atomic mass is 10.9. The zero-order valence-electron chi connectivity index (χ0n) is 5.08. The zero-order chi connectivity index (χ0) is 5.70. The van der Waals surface area contributed by atoms with Crippen LogP contribution in [0.1, 0.15) is 13.8 Å². The molecule has 0 nitrogen and oxygen atoms in total. The van der Waals surface area contributed by atoms with Gasteiger partial charge in [-0.15, -0.1) is 0 Å². The first-order valence-corrected chi connectivity index (χ1v) is 6.48. The van der Waals surface area contributed by atoms with Crippen LogP contribution in [0.25, 0.3) is 0 Å². The molecule has 0 atom stereocenters. The number of halogens is 1. The summed E-state index contributed by atoms with van der Waals surface area (Å²) in [6.07, 6.45) is 0. The molecule has 0 aliphatic carbocycles. The van der Waals surface area contributed by atoms with Crippen LogP contribution in [0.5, 0.6) is 0 Å². The van der Waals surface area contributed by atoms with E-state index in [9.17, 15) is 0 Å². The van der Waals surface area contributed by atoms with Gasteiger partial charge >= 0.3 is 0 Å². The smallest absolute Gasteiger partial charge is 0.0482 e. The van der Waals surface area contributed by atoms with Crippen LogP contribution in [0.15, 0.2) is 0 Å². The highest BCUT2D eigenvalue weighted by Gasteiger charge is 1.99. The fraction of sp³-hybridized carbons (Fsp3) is 1.00. The molecule has 0 spiro atoms. The first kappa shape index (κ1) is 7.70. The summed E-state index contributed by atoms with van der Waals surface area (Å²) in [6, 6.07) is 2.89. The third-order valence-electron chi connectivity index (χ3n) is 1.37. The molecule has 0 saturated carbocycles. The molecular formula is C5H13BrSi. The summed E-state index contributed by atoms with van der Waals surface area (Å²) in [5.74, 6) is 0. The molecule has 0 unspecified atom stereocenters. The van der Waals surface area contributed by atoms with Crippen LogP contribution in [0.3, 0.4) is 0 Å². The average molecular weight is 181 g/mol. The van der Waals surface area contributed by atoms with Crippen molar-refractivity contribution in [3.63, 3.8) is 0 Å². The standard InChI is InChI=1S/C5H13BrSi/c1-3-7(4-2)5-6/h7H,3-5H2,1-2H3. The van der Waals surface area contributed by atoms with E-state index in [1.807, 2.05) is 0 Å². The maximum atomic E-state index is 3.50. The van der Waals surface area contributed by atoms with Crippen molar-refractivity contribution in [1.29, 1.82) is 0 Å². The molecule has 0 aromatic rings. The van der Waals surface area contributed by atoms with Crippen molar-refractivity contribution in [2.45, 2.75) is 25.9 Å². The molecule has 0 amide bonds. The summed E-state index contributed by atoms with van der Waals surface area (Å²) >= 11 is 3.50. The fourth-order valence-electron chi connectivity index (χ4n) is 0.507. The summed E-state index contributed by atoms with van der Waals surface area (Å²) in [4.78, 5) is 1.31. The first-order valence-electron chi connectivity index (χ1n) is 2.91. The van der Waals surface area contributed by atoms with Gasteiger partial charge in [-0.3, -0.25) is 0 Å². The molecule has 0 radical (unpaired) electrons. The Morgan fingerprint density at radius 3 is 1.71 bits per heavy atom. The van der Waals surface area contributed by atoms with Gasteiger partial charge in [0.25, 0.3) is 0 Å². The molecule has 0 bridgehead atoms. The highest BCUT2D eigenvalue weighted by atomic mass is 79.9. The number of hydrogen-bond acceptors (Lipinski definition) is 0. The van der Waals surface area contributed by atoms with Crippen LogP contribution in [0.4, 0.5) is 0 Å². The van der Waals surface area contributed by atoms with Crippen LogP contribution < -0.4 is 0 Å². The Bertz CT molecular complexity index is 29.6. The molecule has 0 aromatic carbocycles. The predicted octanol–water partition coefficient (Wildman–Crippen LogP) is 2.19. The molecule has 0 aromatic heterocycles. The molecule has 44 valence electrons. The van der Waals surface area contributed by atoms with E-state index in [2.05, 4.69) is 29.8 Å². The summed E-state index contributed by atoms with van der Waals surface area (Å²) in [7, 11) is -0.255. The highest BCUT2D eigenvalue weighted by Crippen LogP contribution is 2.00. The normalized spacial score (nSPS) is 10.3. The SMILES string of the molecule is CC[SiH](CC)CBr. The van der Waals surface area contributed by atoms with E-state index in [4.69, 9.17) is 0 Å². The molecule has 0 aliphatic rings. The van der Waals surface area contributed by atoms with Gasteiger partial charge in [-0.05, 0) is 4.95 Å². The minimum Gasteiger partial charge on any atom is -0.0965 e. The highest BCUT2D eigenvalue weighted by molar-refractivity contribution is 9.09. The van der Waals surface area contributed by atoms with Crippen molar-refractivity contribution in [2.75, 3.05) is 4.95 Å². The molecule has 0 N–H and O–H groups in total. The lowest BCUT2D eigenvalue weighted by Crippen LogP contribution is -2.10. The van der Waals surface area contributed by atoms with Gasteiger partial charge in [-0.2, -0.15) is 0 Å². The Hall–Kier alpha value is 0.697. The predicted molar refractivity (Wildman–Crippen MR) is 41.9 cm³/mol. The van der Waals surface area contributed by atoms with Crippen LogP contribution in [0, 0.1) is 0 Å². The van der Waals surface area contributed by atoms with Gasteiger partial charge in [-0.25, -0.2) is 0 Å². The van der Waals surface area contributed by atoms with Gasteiger partial charge < -0.3 is 0 Å².